The molecular weight excluding hydrogens is 302 g/mol. The largest absolute Gasteiger partial charge is 0.434 e. The molecule has 0 aromatic heterocycles. The first kappa shape index (κ1) is 13.5. The zero-order chi connectivity index (χ0) is 15.2. The Morgan fingerprint density at radius 2 is 1.81 bits per heavy atom. The molecule has 0 aliphatic carbocycles. The lowest BCUT2D eigenvalue weighted by Gasteiger charge is -2.07. The summed E-state index contributed by atoms with van der Waals surface area (Å²) in [6.07, 6.45) is 0. The van der Waals surface area contributed by atoms with Crippen molar-refractivity contribution in [1.29, 1.82) is 0 Å². The third kappa shape index (κ3) is 2.23. The van der Waals surface area contributed by atoms with Gasteiger partial charge in [-0.3, -0.25) is 0 Å². The molecule has 0 saturated heterocycles. The molecule has 5 nitrogen and oxygen atoms in total. The molecule has 0 spiro atoms. The Morgan fingerprint density at radius 1 is 1.10 bits per heavy atom. The lowest BCUT2D eigenvalue weighted by atomic mass is 10.2. The van der Waals surface area contributed by atoms with E-state index in [0.717, 1.165) is 12.1 Å². The van der Waals surface area contributed by atoms with Gasteiger partial charge < -0.3 is 10.5 Å². The number of anilines is 1. The molecule has 21 heavy (non-hydrogen) atoms. The molecule has 0 atom stereocenters. The first-order valence-corrected chi connectivity index (χ1v) is 7.19. The van der Waals surface area contributed by atoms with Crippen LogP contribution in [0.25, 0.3) is 0 Å². The van der Waals surface area contributed by atoms with Crippen LogP contribution in [-0.2, 0) is 10.0 Å². The van der Waals surface area contributed by atoms with Gasteiger partial charge in [0, 0.05) is 12.1 Å². The number of nitrogen functional groups attached to an aromatic ring is 1. The molecule has 0 amide bonds. The van der Waals surface area contributed by atoms with Gasteiger partial charge in [0.1, 0.15) is 10.7 Å². The lowest BCUT2D eigenvalue weighted by molar-refractivity contribution is 0.485. The van der Waals surface area contributed by atoms with Gasteiger partial charge in [-0.1, -0.05) is 12.1 Å². The van der Waals surface area contributed by atoms with E-state index in [9.17, 15) is 17.2 Å². The summed E-state index contributed by atoms with van der Waals surface area (Å²) in [4.78, 5) is -0.0451. The fraction of sp³-hybridized carbons (Fsp3) is 0. The maximum absolute atomic E-state index is 13.7. The van der Waals surface area contributed by atoms with Crippen LogP contribution in [0.15, 0.2) is 45.7 Å². The summed E-state index contributed by atoms with van der Waals surface area (Å²) in [5, 5.41) is 0. The molecule has 1 aliphatic heterocycles. The van der Waals surface area contributed by atoms with E-state index in [0.29, 0.717) is 0 Å². The summed E-state index contributed by atoms with van der Waals surface area (Å²) in [6, 6.07) is 7.41. The zero-order valence-corrected chi connectivity index (χ0v) is 11.2. The van der Waals surface area contributed by atoms with Crippen molar-refractivity contribution in [3.8, 4) is 5.75 Å². The number of hydrogen-bond donors (Lipinski definition) is 1. The highest BCUT2D eigenvalue weighted by Gasteiger charge is 2.30. The van der Waals surface area contributed by atoms with Crippen molar-refractivity contribution in [2.24, 2.45) is 4.40 Å². The first-order valence-electron chi connectivity index (χ1n) is 5.75. The monoisotopic (exact) mass is 310 g/mol. The molecule has 0 bridgehead atoms. The molecule has 3 rings (SSSR count). The maximum atomic E-state index is 13.7. The molecule has 1 heterocycles. The van der Waals surface area contributed by atoms with Crippen LogP contribution in [0.1, 0.15) is 5.56 Å². The standard InChI is InChI=1S/C13H8F2N2O3S/c14-8-6-11(9(15)5-10(8)16)20-13-7-3-1-2-4-12(7)21(18,19)17-13/h1-6H,16H2. The average molecular weight is 310 g/mol. The van der Waals surface area contributed by atoms with Crippen LogP contribution in [-0.4, -0.2) is 14.3 Å². The Labute approximate surface area is 118 Å². The number of benzene rings is 2. The van der Waals surface area contributed by atoms with Crippen molar-refractivity contribution >= 4 is 21.6 Å². The molecule has 0 saturated carbocycles. The number of nitrogens with two attached hydrogens (primary N) is 1. The predicted octanol–water partition coefficient (Wildman–Crippen LogP) is 2.07. The molecule has 2 aromatic carbocycles. The second-order valence-corrected chi connectivity index (χ2v) is 5.85. The highest BCUT2D eigenvalue weighted by molar-refractivity contribution is 7.90. The Morgan fingerprint density at radius 3 is 2.57 bits per heavy atom. The van der Waals surface area contributed by atoms with E-state index in [2.05, 4.69) is 4.40 Å². The summed E-state index contributed by atoms with van der Waals surface area (Å²) >= 11 is 0. The molecule has 8 heteroatoms. The van der Waals surface area contributed by atoms with Crippen LogP contribution in [0, 0.1) is 11.6 Å². The number of sulfonamides is 1. The van der Waals surface area contributed by atoms with Crippen LogP contribution in [0.5, 0.6) is 5.75 Å². The minimum Gasteiger partial charge on any atom is -0.434 e. The molecule has 0 radical (unpaired) electrons. The third-order valence-electron chi connectivity index (χ3n) is 2.86. The van der Waals surface area contributed by atoms with Crippen LogP contribution in [0.4, 0.5) is 14.5 Å². The molecule has 2 aromatic rings. The Balaban J connectivity index is 2.06. The number of halogens is 2. The van der Waals surface area contributed by atoms with Gasteiger partial charge in [0.2, 0.25) is 5.90 Å². The van der Waals surface area contributed by atoms with E-state index >= 15 is 0 Å². The summed E-state index contributed by atoms with van der Waals surface area (Å²) in [6.45, 7) is 0. The molecule has 0 fully saturated rings. The van der Waals surface area contributed by atoms with E-state index < -0.39 is 27.4 Å². The number of ether oxygens (including phenoxy) is 1. The molecular formula is C13H8F2N2O3S. The predicted molar refractivity (Wildman–Crippen MR) is 71.6 cm³/mol. The van der Waals surface area contributed by atoms with E-state index in [1.165, 1.54) is 18.2 Å². The van der Waals surface area contributed by atoms with Gasteiger partial charge in [-0.2, -0.15) is 8.42 Å². The SMILES string of the molecule is Nc1cc(F)c(OC2=NS(=O)(=O)c3ccccc32)cc1F. The quantitative estimate of drug-likeness (QED) is 0.818. The topological polar surface area (TPSA) is 81.8 Å². The van der Waals surface area contributed by atoms with Crippen molar-refractivity contribution in [2.45, 2.75) is 4.90 Å². The maximum Gasteiger partial charge on any atom is 0.286 e. The smallest absolute Gasteiger partial charge is 0.286 e. The van der Waals surface area contributed by atoms with E-state index in [1.54, 1.807) is 6.07 Å². The second-order valence-electron chi connectivity index (χ2n) is 4.27. The van der Waals surface area contributed by atoms with Crippen molar-refractivity contribution in [2.75, 3.05) is 5.73 Å². The van der Waals surface area contributed by atoms with Crippen LogP contribution >= 0.6 is 0 Å². The minimum absolute atomic E-state index is 0.0451. The fourth-order valence-electron chi connectivity index (χ4n) is 1.88. The van der Waals surface area contributed by atoms with Gasteiger partial charge in [0.15, 0.2) is 11.6 Å². The number of hydrogen-bond acceptors (Lipinski definition) is 4. The number of rotatable bonds is 1. The van der Waals surface area contributed by atoms with Crippen molar-refractivity contribution in [3.05, 3.63) is 53.6 Å². The highest BCUT2D eigenvalue weighted by Crippen LogP contribution is 2.29. The Kier molecular flexibility index (Phi) is 2.91. The first-order chi connectivity index (χ1) is 9.88. The molecule has 108 valence electrons. The number of nitrogens with zero attached hydrogens (tertiary/aromatic N) is 1. The van der Waals surface area contributed by atoms with Crippen molar-refractivity contribution in [1.82, 2.24) is 0 Å². The highest BCUT2D eigenvalue weighted by atomic mass is 32.2. The lowest BCUT2D eigenvalue weighted by Crippen LogP contribution is -2.09. The van der Waals surface area contributed by atoms with Gasteiger partial charge in [-0.05, 0) is 12.1 Å². The van der Waals surface area contributed by atoms with Crippen LogP contribution in [0.3, 0.4) is 0 Å². The van der Waals surface area contributed by atoms with E-state index in [1.807, 2.05) is 0 Å². The number of fused-ring (bicyclic) bond motifs is 1. The normalized spacial score (nSPS) is 15.4. The van der Waals surface area contributed by atoms with Crippen molar-refractivity contribution in [3.63, 3.8) is 0 Å². The minimum atomic E-state index is -3.88. The van der Waals surface area contributed by atoms with Gasteiger partial charge in [-0.25, -0.2) is 8.78 Å². The van der Waals surface area contributed by atoms with Crippen LogP contribution in [0.2, 0.25) is 0 Å². The fourth-order valence-corrected chi connectivity index (χ4v) is 3.01. The summed E-state index contributed by atoms with van der Waals surface area (Å²) in [5.74, 6) is -2.60. The molecule has 1 aliphatic rings. The van der Waals surface area contributed by atoms with E-state index in [4.69, 9.17) is 10.5 Å². The van der Waals surface area contributed by atoms with Gasteiger partial charge in [0.05, 0.1) is 11.3 Å². The molecule has 2 N–H and O–H groups in total. The van der Waals surface area contributed by atoms with Gasteiger partial charge in [0.25, 0.3) is 10.0 Å². The summed E-state index contributed by atoms with van der Waals surface area (Å²) in [5.41, 5.74) is 5.04. The van der Waals surface area contributed by atoms with Gasteiger partial charge >= 0.3 is 0 Å². The summed E-state index contributed by atoms with van der Waals surface area (Å²) < 4.78 is 59.2. The molecule has 0 unspecified atom stereocenters. The van der Waals surface area contributed by atoms with E-state index in [-0.39, 0.29) is 22.0 Å². The average Bonchev–Trinajstić information content (AvgIpc) is 2.68. The van der Waals surface area contributed by atoms with Crippen molar-refractivity contribution < 1.29 is 21.9 Å². The zero-order valence-electron chi connectivity index (χ0n) is 10.4. The Bertz CT molecular complexity index is 879. The van der Waals surface area contributed by atoms with Crippen LogP contribution < -0.4 is 10.5 Å². The third-order valence-corrected chi connectivity index (χ3v) is 4.17. The second kappa shape index (κ2) is 4.52. The van der Waals surface area contributed by atoms with Gasteiger partial charge in [-0.15, -0.1) is 4.40 Å². The Hall–Kier alpha value is -2.48. The summed E-state index contributed by atoms with van der Waals surface area (Å²) in [7, 11) is -3.88.